The molecule has 2 heterocycles. The Labute approximate surface area is 194 Å². The molecule has 1 amide bonds. The molecule has 1 fully saturated rings. The van der Waals surface area contributed by atoms with Gasteiger partial charge in [-0.3, -0.25) is 4.79 Å². The van der Waals surface area contributed by atoms with Gasteiger partial charge in [0, 0.05) is 31.9 Å². The Morgan fingerprint density at radius 3 is 2.24 bits per heavy atom. The van der Waals surface area contributed by atoms with Gasteiger partial charge in [-0.1, -0.05) is 48.6 Å². The van der Waals surface area contributed by atoms with Crippen LogP contribution in [0.15, 0.2) is 77.7 Å². The molecule has 2 aromatic rings. The number of benzene rings is 2. The van der Waals surface area contributed by atoms with Crippen molar-refractivity contribution in [3.8, 4) is 0 Å². The molecule has 4 rings (SSSR count). The van der Waals surface area contributed by atoms with Crippen LogP contribution in [0, 0.1) is 0 Å². The lowest BCUT2D eigenvalue weighted by atomic mass is 10.1. The fraction of sp³-hybridized carbons (Fsp3) is 0.375. The van der Waals surface area contributed by atoms with E-state index in [4.69, 9.17) is 4.74 Å². The summed E-state index contributed by atoms with van der Waals surface area (Å²) in [5.74, 6) is -0.0163. The van der Waals surface area contributed by atoms with Crippen molar-refractivity contribution in [2.75, 3.05) is 37.7 Å². The highest BCUT2D eigenvalue weighted by atomic mass is 32.2. The van der Waals surface area contributed by atoms with Crippen LogP contribution in [0.1, 0.15) is 6.42 Å². The first-order chi connectivity index (χ1) is 16.0. The number of ether oxygens (including phenoxy) is 1. The van der Waals surface area contributed by atoms with E-state index in [-0.39, 0.29) is 23.8 Å². The Morgan fingerprint density at radius 1 is 0.970 bits per heavy atom. The molecule has 9 heteroatoms. The highest BCUT2D eigenvalue weighted by Crippen LogP contribution is 2.20. The number of anilines is 1. The molecule has 8 nitrogen and oxygen atoms in total. The maximum Gasteiger partial charge on any atom is 0.241 e. The van der Waals surface area contributed by atoms with E-state index in [1.165, 1.54) is 12.1 Å². The lowest BCUT2D eigenvalue weighted by molar-refractivity contribution is -0.135. The fourth-order valence-corrected chi connectivity index (χ4v) is 5.35. The second kappa shape index (κ2) is 10.5. The minimum Gasteiger partial charge on any atom is -0.394 e. The highest BCUT2D eigenvalue weighted by Gasteiger charge is 2.32. The number of amides is 1. The van der Waals surface area contributed by atoms with E-state index >= 15 is 0 Å². The Morgan fingerprint density at radius 2 is 1.61 bits per heavy atom. The topological polar surface area (TPSA) is 99.2 Å². The van der Waals surface area contributed by atoms with Gasteiger partial charge in [0.05, 0.1) is 30.1 Å². The number of nitrogens with one attached hydrogen (secondary N) is 1. The quantitative estimate of drug-likeness (QED) is 0.592. The zero-order valence-corrected chi connectivity index (χ0v) is 19.1. The average Bonchev–Trinajstić information content (AvgIpc) is 2.86. The van der Waals surface area contributed by atoms with Crippen LogP contribution in [0.5, 0.6) is 0 Å². The summed E-state index contributed by atoms with van der Waals surface area (Å²) < 4.78 is 33.6. The van der Waals surface area contributed by atoms with Gasteiger partial charge in [0.15, 0.2) is 0 Å². The Balaban J connectivity index is 1.32. The van der Waals surface area contributed by atoms with Crippen molar-refractivity contribution < 1.29 is 23.1 Å². The Kier molecular flexibility index (Phi) is 7.44. The molecule has 1 saturated heterocycles. The molecule has 0 radical (unpaired) electrons. The number of rotatable bonds is 7. The standard InChI is InChI=1S/C24H29N3O5S/c28-18-23-22(25-33(30,31)21-9-5-2-6-10-21)12-11-20(32-23)17-24(29)27-15-13-26(14-16-27)19-7-3-1-4-8-19/h1-12,20,22-23,25,28H,13-18H2/t20-,22-,23+/m1/s1. The molecule has 176 valence electrons. The molecule has 0 saturated carbocycles. The van der Waals surface area contributed by atoms with Crippen molar-refractivity contribution in [2.45, 2.75) is 29.6 Å². The van der Waals surface area contributed by atoms with Crippen molar-refractivity contribution in [3.05, 3.63) is 72.8 Å². The Hall–Kier alpha value is -2.72. The van der Waals surface area contributed by atoms with Crippen molar-refractivity contribution >= 4 is 21.6 Å². The third-order valence-corrected chi connectivity index (χ3v) is 7.41. The number of hydrogen-bond donors (Lipinski definition) is 2. The smallest absolute Gasteiger partial charge is 0.241 e. The number of piperazine rings is 1. The molecule has 2 aliphatic heterocycles. The van der Waals surface area contributed by atoms with Crippen LogP contribution >= 0.6 is 0 Å². The van der Waals surface area contributed by atoms with Crippen LogP contribution in [-0.4, -0.2) is 75.4 Å². The predicted molar refractivity (Wildman–Crippen MR) is 125 cm³/mol. The lowest BCUT2D eigenvalue weighted by Crippen LogP contribution is -2.51. The number of hydrogen-bond acceptors (Lipinski definition) is 6. The molecule has 0 bridgehead atoms. The van der Waals surface area contributed by atoms with Crippen LogP contribution < -0.4 is 9.62 Å². The van der Waals surface area contributed by atoms with Gasteiger partial charge < -0.3 is 19.6 Å². The van der Waals surface area contributed by atoms with Crippen molar-refractivity contribution in [1.29, 1.82) is 0 Å². The molecular formula is C24H29N3O5S. The Bertz CT molecular complexity index is 1050. The highest BCUT2D eigenvalue weighted by molar-refractivity contribution is 7.89. The second-order valence-electron chi connectivity index (χ2n) is 8.15. The minimum absolute atomic E-state index is 0.0163. The minimum atomic E-state index is -3.76. The normalized spacial score (nSPS) is 23.5. The number of aliphatic hydroxyl groups is 1. The largest absolute Gasteiger partial charge is 0.394 e. The summed E-state index contributed by atoms with van der Waals surface area (Å²) in [6.45, 7) is 2.42. The van der Waals surface area contributed by atoms with Gasteiger partial charge in [-0.25, -0.2) is 13.1 Å². The number of para-hydroxylation sites is 1. The average molecular weight is 472 g/mol. The van der Waals surface area contributed by atoms with Crippen LogP contribution in [-0.2, 0) is 19.6 Å². The first-order valence-corrected chi connectivity index (χ1v) is 12.5. The van der Waals surface area contributed by atoms with Gasteiger partial charge in [-0.15, -0.1) is 0 Å². The molecule has 2 aliphatic rings. The lowest BCUT2D eigenvalue weighted by Gasteiger charge is -2.37. The molecule has 2 aromatic carbocycles. The molecule has 33 heavy (non-hydrogen) atoms. The van der Waals surface area contributed by atoms with E-state index in [9.17, 15) is 18.3 Å². The monoisotopic (exact) mass is 471 g/mol. The van der Waals surface area contributed by atoms with E-state index in [1.54, 1.807) is 30.4 Å². The summed E-state index contributed by atoms with van der Waals surface area (Å²) in [5, 5.41) is 9.77. The molecule has 0 aromatic heterocycles. The summed E-state index contributed by atoms with van der Waals surface area (Å²) >= 11 is 0. The van der Waals surface area contributed by atoms with Crippen molar-refractivity contribution in [1.82, 2.24) is 9.62 Å². The fourth-order valence-electron chi connectivity index (χ4n) is 4.11. The summed E-state index contributed by atoms with van der Waals surface area (Å²) in [4.78, 5) is 17.0. The van der Waals surface area contributed by atoms with Crippen LogP contribution in [0.3, 0.4) is 0 Å². The van der Waals surface area contributed by atoms with Crippen molar-refractivity contribution in [3.63, 3.8) is 0 Å². The van der Waals surface area contributed by atoms with Gasteiger partial charge in [-0.05, 0) is 24.3 Å². The molecule has 0 unspecified atom stereocenters. The zero-order valence-electron chi connectivity index (χ0n) is 18.3. The molecular weight excluding hydrogens is 442 g/mol. The first kappa shape index (κ1) is 23.4. The predicted octanol–water partition coefficient (Wildman–Crippen LogP) is 1.39. The number of carbonyl (C=O) groups excluding carboxylic acids is 1. The number of aliphatic hydroxyl groups excluding tert-OH is 1. The molecule has 2 N–H and O–H groups in total. The SMILES string of the molecule is O=C(C[C@H]1C=C[C@@H](NS(=O)(=O)c2ccccc2)[C@H](CO)O1)N1CCN(c2ccccc2)CC1. The van der Waals surface area contributed by atoms with E-state index in [0.717, 1.165) is 18.8 Å². The summed E-state index contributed by atoms with van der Waals surface area (Å²) in [6, 6.07) is 17.4. The van der Waals surface area contributed by atoms with Crippen LogP contribution in [0.25, 0.3) is 0 Å². The zero-order chi connectivity index (χ0) is 23.3. The molecule has 3 atom stereocenters. The van der Waals surface area contributed by atoms with E-state index < -0.39 is 28.3 Å². The van der Waals surface area contributed by atoms with Gasteiger partial charge in [0.2, 0.25) is 15.9 Å². The second-order valence-corrected chi connectivity index (χ2v) is 9.86. The van der Waals surface area contributed by atoms with E-state index in [0.29, 0.717) is 13.1 Å². The maximum atomic E-state index is 12.8. The van der Waals surface area contributed by atoms with Gasteiger partial charge in [-0.2, -0.15) is 0 Å². The number of sulfonamides is 1. The van der Waals surface area contributed by atoms with Crippen molar-refractivity contribution in [2.24, 2.45) is 0 Å². The van der Waals surface area contributed by atoms with E-state index in [2.05, 4.69) is 21.8 Å². The maximum absolute atomic E-state index is 12.8. The number of nitrogens with zero attached hydrogens (tertiary/aromatic N) is 2. The van der Waals surface area contributed by atoms with Crippen LogP contribution in [0.2, 0.25) is 0 Å². The first-order valence-electron chi connectivity index (χ1n) is 11.1. The number of carbonyl (C=O) groups is 1. The van der Waals surface area contributed by atoms with Gasteiger partial charge in [0.25, 0.3) is 0 Å². The molecule has 0 aliphatic carbocycles. The van der Waals surface area contributed by atoms with E-state index in [1.807, 2.05) is 23.1 Å². The third kappa shape index (κ3) is 5.80. The van der Waals surface area contributed by atoms with Gasteiger partial charge >= 0.3 is 0 Å². The third-order valence-electron chi connectivity index (χ3n) is 5.94. The molecule has 0 spiro atoms. The van der Waals surface area contributed by atoms with Crippen LogP contribution in [0.4, 0.5) is 5.69 Å². The summed E-state index contributed by atoms with van der Waals surface area (Å²) in [5.41, 5.74) is 1.15. The summed E-state index contributed by atoms with van der Waals surface area (Å²) in [7, 11) is -3.76. The van der Waals surface area contributed by atoms with Gasteiger partial charge in [0.1, 0.15) is 6.10 Å². The summed E-state index contributed by atoms with van der Waals surface area (Å²) in [6.07, 6.45) is 2.22.